The summed E-state index contributed by atoms with van der Waals surface area (Å²) in [6.45, 7) is 5.18. The Balaban J connectivity index is 1.77. The van der Waals surface area contributed by atoms with Crippen LogP contribution in [0.1, 0.15) is 18.2 Å². The number of pyridine rings is 2. The van der Waals surface area contributed by atoms with E-state index in [2.05, 4.69) is 32.5 Å². The zero-order valence-electron chi connectivity index (χ0n) is 20.0. The largest absolute Gasteiger partial charge is 0.380 e. The van der Waals surface area contributed by atoms with Crippen molar-refractivity contribution in [3.05, 3.63) is 64.6 Å². The van der Waals surface area contributed by atoms with Crippen LogP contribution in [0.25, 0.3) is 38.8 Å². The van der Waals surface area contributed by atoms with Gasteiger partial charge in [-0.3, -0.25) is 18.8 Å². The molecule has 4 aromatic heterocycles. The van der Waals surface area contributed by atoms with Crippen LogP contribution >= 0.6 is 0 Å². The Hall–Kier alpha value is -3.98. The number of nitrogens with zero attached hydrogens (tertiary/aromatic N) is 6. The van der Waals surface area contributed by atoms with Gasteiger partial charge in [-0.2, -0.15) is 5.10 Å². The number of ether oxygens (including phenoxy) is 1. The SMILES string of the molecule is CCNc1ncc(-c2ccc3ncc4c(c3c2)n(-c2cn(C)nc2C)c(=O)n4C)cc1COC. The van der Waals surface area contributed by atoms with Gasteiger partial charge in [-0.25, -0.2) is 9.78 Å². The number of rotatable bonds is 6. The Labute approximate surface area is 196 Å². The number of anilines is 1. The summed E-state index contributed by atoms with van der Waals surface area (Å²) >= 11 is 0. The van der Waals surface area contributed by atoms with Crippen molar-refractivity contribution in [3.8, 4) is 16.8 Å². The van der Waals surface area contributed by atoms with E-state index in [4.69, 9.17) is 4.74 Å². The zero-order valence-corrected chi connectivity index (χ0v) is 20.0. The first kappa shape index (κ1) is 21.8. The van der Waals surface area contributed by atoms with E-state index in [0.29, 0.717) is 6.61 Å². The van der Waals surface area contributed by atoms with Crippen LogP contribution in [0.3, 0.4) is 0 Å². The van der Waals surface area contributed by atoms with Gasteiger partial charge in [-0.05, 0) is 37.6 Å². The number of aryl methyl sites for hydroxylation is 3. The average Bonchev–Trinajstić information content (AvgIpc) is 3.29. The minimum Gasteiger partial charge on any atom is -0.380 e. The molecule has 0 fully saturated rings. The molecule has 0 unspecified atom stereocenters. The molecule has 4 heterocycles. The van der Waals surface area contributed by atoms with Crippen LogP contribution in [0.15, 0.2) is 47.7 Å². The molecule has 174 valence electrons. The Morgan fingerprint density at radius 1 is 1.09 bits per heavy atom. The van der Waals surface area contributed by atoms with E-state index in [9.17, 15) is 4.79 Å². The third kappa shape index (κ3) is 3.45. The molecule has 34 heavy (non-hydrogen) atoms. The third-order valence-electron chi connectivity index (χ3n) is 6.06. The smallest absolute Gasteiger partial charge is 0.333 e. The first-order chi connectivity index (χ1) is 16.4. The van der Waals surface area contributed by atoms with Gasteiger partial charge in [0.25, 0.3) is 0 Å². The van der Waals surface area contributed by atoms with Gasteiger partial charge in [-0.1, -0.05) is 6.07 Å². The second-order valence-corrected chi connectivity index (χ2v) is 8.37. The molecule has 0 radical (unpaired) electrons. The second-order valence-electron chi connectivity index (χ2n) is 8.37. The van der Waals surface area contributed by atoms with Gasteiger partial charge in [0, 0.05) is 56.7 Å². The third-order valence-corrected chi connectivity index (χ3v) is 6.06. The molecule has 9 nitrogen and oxygen atoms in total. The van der Waals surface area contributed by atoms with E-state index in [1.165, 1.54) is 0 Å². The topological polar surface area (TPSA) is 91.8 Å². The maximum Gasteiger partial charge on any atom is 0.333 e. The molecule has 0 aliphatic carbocycles. The molecule has 0 bridgehead atoms. The molecule has 0 saturated heterocycles. The lowest BCUT2D eigenvalue weighted by molar-refractivity contribution is 0.185. The van der Waals surface area contributed by atoms with Gasteiger partial charge in [-0.15, -0.1) is 0 Å². The number of hydrogen-bond donors (Lipinski definition) is 1. The molecule has 0 aliphatic rings. The van der Waals surface area contributed by atoms with Gasteiger partial charge in [0.2, 0.25) is 0 Å². The molecular formula is C25H27N7O2. The summed E-state index contributed by atoms with van der Waals surface area (Å²) in [5.74, 6) is 0.821. The highest BCUT2D eigenvalue weighted by Crippen LogP contribution is 2.31. The molecule has 0 saturated carbocycles. The normalized spacial score (nSPS) is 11.6. The lowest BCUT2D eigenvalue weighted by atomic mass is 10.0. The van der Waals surface area contributed by atoms with Crippen LogP contribution < -0.4 is 11.0 Å². The Morgan fingerprint density at radius 2 is 1.91 bits per heavy atom. The maximum absolute atomic E-state index is 13.3. The number of fused-ring (bicyclic) bond motifs is 3. The number of methoxy groups -OCH3 is 1. The van der Waals surface area contributed by atoms with Gasteiger partial charge in [0.1, 0.15) is 5.82 Å². The van der Waals surface area contributed by atoms with Crippen molar-refractivity contribution in [2.24, 2.45) is 14.1 Å². The first-order valence-corrected chi connectivity index (χ1v) is 11.2. The van der Waals surface area contributed by atoms with Crippen LogP contribution in [-0.4, -0.2) is 42.5 Å². The first-order valence-electron chi connectivity index (χ1n) is 11.2. The lowest BCUT2D eigenvalue weighted by Gasteiger charge is -2.12. The molecule has 1 aromatic carbocycles. The van der Waals surface area contributed by atoms with Gasteiger partial charge in [0.15, 0.2) is 0 Å². The predicted molar refractivity (Wildman–Crippen MR) is 133 cm³/mol. The van der Waals surface area contributed by atoms with Crippen LogP contribution in [-0.2, 0) is 25.4 Å². The monoisotopic (exact) mass is 457 g/mol. The molecule has 0 amide bonds. The number of nitrogens with one attached hydrogen (secondary N) is 1. The minimum absolute atomic E-state index is 0.134. The van der Waals surface area contributed by atoms with Crippen molar-refractivity contribution in [1.29, 1.82) is 0 Å². The van der Waals surface area contributed by atoms with Crippen molar-refractivity contribution >= 4 is 27.8 Å². The maximum atomic E-state index is 13.3. The molecule has 0 spiro atoms. The van der Waals surface area contributed by atoms with Crippen molar-refractivity contribution in [2.75, 3.05) is 19.0 Å². The molecule has 1 N–H and O–H groups in total. The number of hydrogen-bond acceptors (Lipinski definition) is 6. The van der Waals surface area contributed by atoms with E-state index in [0.717, 1.165) is 62.4 Å². The molecule has 5 aromatic rings. The van der Waals surface area contributed by atoms with Crippen molar-refractivity contribution in [2.45, 2.75) is 20.5 Å². The molecular weight excluding hydrogens is 430 g/mol. The van der Waals surface area contributed by atoms with E-state index in [-0.39, 0.29) is 5.69 Å². The van der Waals surface area contributed by atoms with Crippen LogP contribution in [0.4, 0.5) is 5.82 Å². The van der Waals surface area contributed by atoms with E-state index >= 15 is 0 Å². The fourth-order valence-corrected chi connectivity index (χ4v) is 4.47. The van der Waals surface area contributed by atoms with Crippen LogP contribution in [0.5, 0.6) is 0 Å². The Bertz CT molecular complexity index is 1590. The zero-order chi connectivity index (χ0) is 24.0. The highest BCUT2D eigenvalue weighted by molar-refractivity contribution is 6.04. The van der Waals surface area contributed by atoms with Crippen LogP contribution in [0, 0.1) is 6.92 Å². The second kappa shape index (κ2) is 8.42. The van der Waals surface area contributed by atoms with Crippen LogP contribution in [0.2, 0.25) is 0 Å². The summed E-state index contributed by atoms with van der Waals surface area (Å²) in [6, 6.07) is 8.18. The number of aromatic nitrogens is 6. The van der Waals surface area contributed by atoms with Crippen molar-refractivity contribution in [1.82, 2.24) is 28.9 Å². The predicted octanol–water partition coefficient (Wildman–Crippen LogP) is 3.56. The molecule has 9 heteroatoms. The molecule has 0 aliphatic heterocycles. The van der Waals surface area contributed by atoms with E-state index in [1.54, 1.807) is 34.2 Å². The standard InChI is InChI=1S/C25H27N7O2/c1-6-26-24-18(14-34-5)9-17(11-28-24)16-7-8-20-19(10-16)23-21(12-27-20)31(4)25(33)32(23)22-13-30(3)29-15(22)2/h7-13H,6,14H2,1-5H3,(H,26,28). The van der Waals surface area contributed by atoms with Crippen molar-refractivity contribution < 1.29 is 4.74 Å². The Kier molecular flexibility index (Phi) is 5.41. The molecule has 0 atom stereocenters. The molecule has 5 rings (SSSR count). The highest BCUT2D eigenvalue weighted by Gasteiger charge is 2.19. The summed E-state index contributed by atoms with van der Waals surface area (Å²) in [4.78, 5) is 22.5. The number of imidazole rings is 1. The minimum atomic E-state index is -0.134. The fraction of sp³-hybridized carbons (Fsp3) is 0.280. The van der Waals surface area contributed by atoms with E-state index < -0.39 is 0 Å². The quantitative estimate of drug-likeness (QED) is 0.419. The summed E-state index contributed by atoms with van der Waals surface area (Å²) in [7, 11) is 5.30. The highest BCUT2D eigenvalue weighted by atomic mass is 16.5. The van der Waals surface area contributed by atoms with Gasteiger partial charge in [0.05, 0.1) is 40.7 Å². The van der Waals surface area contributed by atoms with E-state index in [1.807, 2.05) is 45.4 Å². The fourth-order valence-electron chi connectivity index (χ4n) is 4.47. The summed E-state index contributed by atoms with van der Waals surface area (Å²) in [5, 5.41) is 8.62. The Morgan fingerprint density at radius 3 is 2.62 bits per heavy atom. The van der Waals surface area contributed by atoms with Crippen molar-refractivity contribution in [3.63, 3.8) is 0 Å². The number of benzene rings is 1. The van der Waals surface area contributed by atoms with Gasteiger partial charge < -0.3 is 10.1 Å². The average molecular weight is 458 g/mol. The lowest BCUT2D eigenvalue weighted by Crippen LogP contribution is -2.21. The van der Waals surface area contributed by atoms with Gasteiger partial charge >= 0.3 is 5.69 Å². The summed E-state index contributed by atoms with van der Waals surface area (Å²) in [6.07, 6.45) is 5.48. The summed E-state index contributed by atoms with van der Waals surface area (Å²) < 4.78 is 10.5. The summed E-state index contributed by atoms with van der Waals surface area (Å²) in [5.41, 5.74) is 6.73.